The molecule has 0 atom stereocenters. The van der Waals surface area contributed by atoms with Crippen LogP contribution >= 0.6 is 15.9 Å². The molecule has 5 heteroatoms. The molecule has 0 aromatic carbocycles. The summed E-state index contributed by atoms with van der Waals surface area (Å²) in [7, 11) is 0. The second-order valence-corrected chi connectivity index (χ2v) is 6.41. The molecule has 20 heavy (non-hydrogen) atoms. The topological polar surface area (TPSA) is 51.8 Å². The molecule has 0 spiro atoms. The van der Waals surface area contributed by atoms with E-state index in [9.17, 15) is 0 Å². The highest BCUT2D eigenvalue weighted by atomic mass is 79.9. The van der Waals surface area contributed by atoms with E-state index < -0.39 is 0 Å². The molecular weight excluding hydrogens is 318 g/mol. The molecule has 106 valence electrons. The summed E-state index contributed by atoms with van der Waals surface area (Å²) in [6, 6.07) is 0. The van der Waals surface area contributed by atoms with Gasteiger partial charge in [0, 0.05) is 11.8 Å². The van der Waals surface area contributed by atoms with Gasteiger partial charge >= 0.3 is 0 Å². The number of rotatable bonds is 3. The Morgan fingerprint density at radius 3 is 2.70 bits per heavy atom. The van der Waals surface area contributed by atoms with Gasteiger partial charge in [-0.2, -0.15) is 0 Å². The zero-order chi connectivity index (χ0) is 14.1. The van der Waals surface area contributed by atoms with Crippen molar-refractivity contribution < 1.29 is 4.52 Å². The van der Waals surface area contributed by atoms with Crippen molar-refractivity contribution in [1.29, 1.82) is 0 Å². The Morgan fingerprint density at radius 2 is 2.00 bits per heavy atom. The minimum absolute atomic E-state index is 0.638. The van der Waals surface area contributed by atoms with E-state index in [1.807, 2.05) is 13.8 Å². The molecule has 1 aliphatic carbocycles. The molecule has 0 radical (unpaired) electrons. The van der Waals surface area contributed by atoms with Gasteiger partial charge in [0.1, 0.15) is 0 Å². The molecule has 0 bridgehead atoms. The normalized spacial score (nSPS) is 15.9. The van der Waals surface area contributed by atoms with Crippen LogP contribution in [0, 0.1) is 19.8 Å². The Bertz CT molecular complexity index is 618. The number of halogens is 1. The van der Waals surface area contributed by atoms with Crippen LogP contribution in [0.15, 0.2) is 15.2 Å². The molecule has 2 heterocycles. The zero-order valence-corrected chi connectivity index (χ0v) is 13.4. The van der Waals surface area contributed by atoms with Crippen molar-refractivity contribution in [2.45, 2.75) is 46.0 Å². The van der Waals surface area contributed by atoms with E-state index in [1.54, 1.807) is 6.20 Å². The van der Waals surface area contributed by atoms with Crippen molar-refractivity contribution in [3.8, 4) is 11.6 Å². The predicted octanol–water partition coefficient (Wildman–Crippen LogP) is 4.24. The zero-order valence-electron chi connectivity index (χ0n) is 11.8. The Hall–Kier alpha value is -1.23. The monoisotopic (exact) mass is 335 g/mol. The van der Waals surface area contributed by atoms with Gasteiger partial charge in [0.2, 0.25) is 5.76 Å². The maximum absolute atomic E-state index is 5.50. The van der Waals surface area contributed by atoms with Crippen LogP contribution in [-0.4, -0.2) is 15.1 Å². The number of aromatic nitrogens is 3. The minimum atomic E-state index is 0.638. The first kappa shape index (κ1) is 13.7. The minimum Gasteiger partial charge on any atom is -0.352 e. The van der Waals surface area contributed by atoms with Gasteiger partial charge in [0.15, 0.2) is 5.82 Å². The summed E-state index contributed by atoms with van der Waals surface area (Å²) in [5.41, 5.74) is 3.06. The highest BCUT2D eigenvalue weighted by Crippen LogP contribution is 2.33. The van der Waals surface area contributed by atoms with Crippen molar-refractivity contribution in [3.05, 3.63) is 27.6 Å². The van der Waals surface area contributed by atoms with Crippen LogP contribution in [0.1, 0.15) is 42.6 Å². The van der Waals surface area contributed by atoms with Crippen LogP contribution in [0.4, 0.5) is 0 Å². The third-order valence-electron chi connectivity index (χ3n) is 4.07. The van der Waals surface area contributed by atoms with Crippen LogP contribution in [0.25, 0.3) is 11.6 Å². The van der Waals surface area contributed by atoms with Crippen molar-refractivity contribution >= 4 is 15.9 Å². The lowest BCUT2D eigenvalue weighted by Crippen LogP contribution is -2.02. The molecule has 1 aliphatic rings. The maximum Gasteiger partial charge on any atom is 0.207 e. The Morgan fingerprint density at radius 1 is 1.25 bits per heavy atom. The number of nitrogens with zero attached hydrogens (tertiary/aromatic N) is 3. The summed E-state index contributed by atoms with van der Waals surface area (Å²) in [5, 5.41) is 4.12. The van der Waals surface area contributed by atoms with Crippen LogP contribution < -0.4 is 0 Å². The van der Waals surface area contributed by atoms with E-state index in [0.29, 0.717) is 5.82 Å². The molecule has 2 aromatic rings. The van der Waals surface area contributed by atoms with Crippen LogP contribution in [-0.2, 0) is 6.42 Å². The lowest BCUT2D eigenvalue weighted by Gasteiger charge is -2.08. The SMILES string of the molecule is Cc1nc(-c2onc(C)c2CC2CCCC2)ncc1Br. The first-order chi connectivity index (χ1) is 9.65. The van der Waals surface area contributed by atoms with Crippen LogP contribution in [0.5, 0.6) is 0 Å². The summed E-state index contributed by atoms with van der Waals surface area (Å²) < 4.78 is 6.41. The molecule has 4 nitrogen and oxygen atoms in total. The second kappa shape index (κ2) is 5.64. The average molecular weight is 336 g/mol. The Kier molecular flexibility index (Phi) is 3.87. The molecule has 0 unspecified atom stereocenters. The van der Waals surface area contributed by atoms with E-state index in [-0.39, 0.29) is 0 Å². The largest absolute Gasteiger partial charge is 0.352 e. The third kappa shape index (κ3) is 2.64. The molecule has 2 aromatic heterocycles. The van der Waals surface area contributed by atoms with Gasteiger partial charge in [-0.05, 0) is 42.1 Å². The quantitative estimate of drug-likeness (QED) is 0.841. The number of aryl methyl sites for hydroxylation is 2. The molecule has 0 N–H and O–H groups in total. The fourth-order valence-corrected chi connectivity index (χ4v) is 3.06. The molecule has 0 saturated heterocycles. The fourth-order valence-electron chi connectivity index (χ4n) is 2.87. The van der Waals surface area contributed by atoms with Gasteiger partial charge < -0.3 is 4.52 Å². The van der Waals surface area contributed by atoms with Gasteiger partial charge in [-0.15, -0.1) is 0 Å². The summed E-state index contributed by atoms with van der Waals surface area (Å²) in [5.74, 6) is 2.13. The molecule has 3 rings (SSSR count). The third-order valence-corrected chi connectivity index (χ3v) is 4.85. The van der Waals surface area contributed by atoms with Gasteiger partial charge in [0.05, 0.1) is 15.9 Å². The van der Waals surface area contributed by atoms with E-state index >= 15 is 0 Å². The highest BCUT2D eigenvalue weighted by Gasteiger charge is 2.23. The summed E-state index contributed by atoms with van der Waals surface area (Å²) in [6.45, 7) is 3.96. The first-order valence-corrected chi connectivity index (χ1v) is 7.89. The number of hydrogen-bond acceptors (Lipinski definition) is 4. The lowest BCUT2D eigenvalue weighted by molar-refractivity contribution is 0.423. The lowest BCUT2D eigenvalue weighted by atomic mass is 9.96. The highest BCUT2D eigenvalue weighted by molar-refractivity contribution is 9.10. The predicted molar refractivity (Wildman–Crippen MR) is 80.4 cm³/mol. The van der Waals surface area contributed by atoms with Gasteiger partial charge in [0.25, 0.3) is 0 Å². The van der Waals surface area contributed by atoms with Crippen molar-refractivity contribution in [1.82, 2.24) is 15.1 Å². The second-order valence-electron chi connectivity index (χ2n) is 5.56. The summed E-state index contributed by atoms with van der Waals surface area (Å²) in [6.07, 6.45) is 8.11. The van der Waals surface area contributed by atoms with Crippen molar-refractivity contribution in [2.75, 3.05) is 0 Å². The Labute approximate surface area is 127 Å². The van der Waals surface area contributed by atoms with E-state index in [4.69, 9.17) is 4.52 Å². The van der Waals surface area contributed by atoms with Gasteiger partial charge in [-0.25, -0.2) is 9.97 Å². The van der Waals surface area contributed by atoms with E-state index in [0.717, 1.165) is 34.0 Å². The number of hydrogen-bond donors (Lipinski definition) is 0. The van der Waals surface area contributed by atoms with Crippen molar-refractivity contribution in [3.63, 3.8) is 0 Å². The Balaban J connectivity index is 1.94. The van der Waals surface area contributed by atoms with Gasteiger partial charge in [-0.3, -0.25) is 0 Å². The maximum atomic E-state index is 5.50. The molecule has 1 fully saturated rings. The molecule has 1 saturated carbocycles. The van der Waals surface area contributed by atoms with Crippen LogP contribution in [0.3, 0.4) is 0 Å². The fraction of sp³-hybridized carbons (Fsp3) is 0.533. The van der Waals surface area contributed by atoms with Gasteiger partial charge in [-0.1, -0.05) is 30.8 Å². The van der Waals surface area contributed by atoms with E-state index in [2.05, 4.69) is 31.1 Å². The van der Waals surface area contributed by atoms with Crippen molar-refractivity contribution in [2.24, 2.45) is 5.92 Å². The van der Waals surface area contributed by atoms with Crippen LogP contribution in [0.2, 0.25) is 0 Å². The standard InChI is InChI=1S/C15H18BrN3O/c1-9-12(7-11-5-3-4-6-11)14(20-19-9)15-17-8-13(16)10(2)18-15/h8,11H,3-7H2,1-2H3. The molecule has 0 aliphatic heterocycles. The first-order valence-electron chi connectivity index (χ1n) is 7.10. The molecular formula is C15H18BrN3O. The smallest absolute Gasteiger partial charge is 0.207 e. The summed E-state index contributed by atoms with van der Waals surface area (Å²) in [4.78, 5) is 8.87. The molecule has 0 amide bonds. The summed E-state index contributed by atoms with van der Waals surface area (Å²) >= 11 is 3.43. The van der Waals surface area contributed by atoms with E-state index in [1.165, 1.54) is 31.2 Å². The average Bonchev–Trinajstić information content (AvgIpc) is 3.05.